The molecule has 1 amide bonds. The SMILES string of the molecule is CC1CCc2c1nc1c(c2NC(=O)OCC(Cl)(Cl)Cl)CCC1. The van der Waals surface area contributed by atoms with E-state index in [2.05, 4.69) is 12.2 Å². The van der Waals surface area contributed by atoms with E-state index in [9.17, 15) is 4.79 Å². The third kappa shape index (κ3) is 3.29. The lowest BCUT2D eigenvalue weighted by atomic mass is 10.0. The van der Waals surface area contributed by atoms with Crippen LogP contribution in [0, 0.1) is 0 Å². The molecule has 7 heteroatoms. The number of hydrogen-bond acceptors (Lipinski definition) is 3. The summed E-state index contributed by atoms with van der Waals surface area (Å²) in [7, 11) is 0. The summed E-state index contributed by atoms with van der Waals surface area (Å²) in [5, 5.41) is 2.86. The van der Waals surface area contributed by atoms with Crippen molar-refractivity contribution in [3.63, 3.8) is 0 Å². The van der Waals surface area contributed by atoms with Gasteiger partial charge in [0.15, 0.2) is 0 Å². The van der Waals surface area contributed by atoms with Crippen molar-refractivity contribution in [3.05, 3.63) is 22.5 Å². The number of anilines is 1. The third-order valence-corrected chi connectivity index (χ3v) is 4.57. The minimum Gasteiger partial charge on any atom is -0.445 e. The molecule has 1 unspecified atom stereocenters. The smallest absolute Gasteiger partial charge is 0.411 e. The van der Waals surface area contributed by atoms with Gasteiger partial charge in [0.2, 0.25) is 3.79 Å². The second-order valence-corrected chi connectivity index (χ2v) is 8.40. The quantitative estimate of drug-likeness (QED) is 0.785. The summed E-state index contributed by atoms with van der Waals surface area (Å²) in [6.45, 7) is 1.89. The number of carbonyl (C=O) groups excluding carboxylic acids is 1. The Labute approximate surface area is 144 Å². The first-order valence-corrected chi connectivity index (χ1v) is 8.53. The van der Waals surface area contributed by atoms with Gasteiger partial charge in [0.05, 0.1) is 5.69 Å². The summed E-state index contributed by atoms with van der Waals surface area (Å²) in [4.78, 5) is 16.8. The Morgan fingerprint density at radius 3 is 2.82 bits per heavy atom. The summed E-state index contributed by atoms with van der Waals surface area (Å²) < 4.78 is 3.39. The van der Waals surface area contributed by atoms with E-state index < -0.39 is 9.89 Å². The van der Waals surface area contributed by atoms with Gasteiger partial charge in [-0.3, -0.25) is 10.3 Å². The lowest BCUT2D eigenvalue weighted by Gasteiger charge is -2.17. The van der Waals surface area contributed by atoms with Crippen molar-refractivity contribution >= 4 is 46.6 Å². The normalized spacial score (nSPS) is 19.7. The van der Waals surface area contributed by atoms with E-state index in [1.165, 1.54) is 0 Å². The largest absolute Gasteiger partial charge is 0.445 e. The molecule has 0 fully saturated rings. The molecule has 1 aromatic rings. The molecule has 2 aliphatic carbocycles. The van der Waals surface area contributed by atoms with Crippen molar-refractivity contribution < 1.29 is 9.53 Å². The molecule has 0 aliphatic heterocycles. The van der Waals surface area contributed by atoms with Crippen molar-refractivity contribution in [3.8, 4) is 0 Å². The number of nitrogens with one attached hydrogen (secondary N) is 1. The van der Waals surface area contributed by atoms with Gasteiger partial charge in [-0.2, -0.15) is 0 Å². The van der Waals surface area contributed by atoms with E-state index in [-0.39, 0.29) is 6.61 Å². The highest BCUT2D eigenvalue weighted by atomic mass is 35.6. The molecule has 0 spiro atoms. The van der Waals surface area contributed by atoms with Crippen LogP contribution in [0.15, 0.2) is 0 Å². The van der Waals surface area contributed by atoms with E-state index in [1.54, 1.807) is 0 Å². The summed E-state index contributed by atoms with van der Waals surface area (Å²) in [5.74, 6) is 0.429. The number of pyridine rings is 1. The van der Waals surface area contributed by atoms with Gasteiger partial charge in [-0.1, -0.05) is 41.7 Å². The molecule has 22 heavy (non-hydrogen) atoms. The molecule has 4 nitrogen and oxygen atoms in total. The summed E-state index contributed by atoms with van der Waals surface area (Å²) in [6, 6.07) is 0. The zero-order chi connectivity index (χ0) is 15.9. The van der Waals surface area contributed by atoms with Gasteiger partial charge < -0.3 is 4.74 Å². The highest BCUT2D eigenvalue weighted by Crippen LogP contribution is 2.41. The molecule has 0 saturated heterocycles. The fourth-order valence-corrected chi connectivity index (χ4v) is 3.40. The van der Waals surface area contributed by atoms with Crippen LogP contribution in [0.5, 0.6) is 0 Å². The maximum Gasteiger partial charge on any atom is 0.411 e. The van der Waals surface area contributed by atoms with Crippen LogP contribution < -0.4 is 5.32 Å². The first-order valence-electron chi connectivity index (χ1n) is 7.40. The summed E-state index contributed by atoms with van der Waals surface area (Å²) in [5.41, 5.74) is 5.36. The monoisotopic (exact) mass is 362 g/mol. The fraction of sp³-hybridized carbons (Fsp3) is 0.600. The van der Waals surface area contributed by atoms with Gasteiger partial charge in [-0.15, -0.1) is 0 Å². The molecule has 0 bridgehead atoms. The minimum atomic E-state index is -1.60. The Bertz CT molecular complexity index is 614. The van der Waals surface area contributed by atoms with Crippen molar-refractivity contribution in [2.75, 3.05) is 11.9 Å². The molecule has 120 valence electrons. The Balaban J connectivity index is 1.84. The number of halogens is 3. The van der Waals surface area contributed by atoms with Crippen molar-refractivity contribution in [2.45, 2.75) is 48.7 Å². The average Bonchev–Trinajstić information content (AvgIpc) is 3.03. The molecular weight excluding hydrogens is 347 g/mol. The van der Waals surface area contributed by atoms with Crippen molar-refractivity contribution in [2.24, 2.45) is 0 Å². The molecule has 3 rings (SSSR count). The number of aryl methyl sites for hydroxylation is 1. The molecular formula is C15H17Cl3N2O2. The topological polar surface area (TPSA) is 51.2 Å². The number of fused-ring (bicyclic) bond motifs is 2. The van der Waals surface area contributed by atoms with Gasteiger partial charge >= 0.3 is 6.09 Å². The number of hydrogen-bond donors (Lipinski definition) is 1. The Hall–Kier alpha value is -0.710. The van der Waals surface area contributed by atoms with Gasteiger partial charge in [-0.25, -0.2) is 4.79 Å². The number of aromatic nitrogens is 1. The summed E-state index contributed by atoms with van der Waals surface area (Å²) >= 11 is 16.8. The van der Waals surface area contributed by atoms with Crippen LogP contribution in [-0.4, -0.2) is 21.5 Å². The molecule has 1 atom stereocenters. The highest BCUT2D eigenvalue weighted by Gasteiger charge is 2.30. The summed E-state index contributed by atoms with van der Waals surface area (Å²) in [6.07, 6.45) is 4.36. The predicted molar refractivity (Wildman–Crippen MR) is 88.3 cm³/mol. The van der Waals surface area contributed by atoms with Gasteiger partial charge in [0.1, 0.15) is 6.61 Å². The van der Waals surface area contributed by atoms with E-state index in [1.807, 2.05) is 0 Å². The average molecular weight is 364 g/mol. The fourth-order valence-electron chi connectivity index (χ4n) is 3.24. The number of alkyl halides is 3. The second-order valence-electron chi connectivity index (χ2n) is 5.89. The van der Waals surface area contributed by atoms with Gasteiger partial charge in [0.25, 0.3) is 0 Å². The van der Waals surface area contributed by atoms with E-state index in [0.717, 1.165) is 60.3 Å². The molecule has 1 N–H and O–H groups in total. The lowest BCUT2D eigenvalue weighted by molar-refractivity contribution is 0.164. The molecule has 0 saturated carbocycles. The maximum absolute atomic E-state index is 12.0. The number of amides is 1. The molecule has 1 aromatic heterocycles. The van der Waals surface area contributed by atoms with E-state index in [0.29, 0.717) is 5.92 Å². The van der Waals surface area contributed by atoms with Crippen LogP contribution in [-0.2, 0) is 24.0 Å². The number of rotatable bonds is 2. The minimum absolute atomic E-state index is 0.282. The predicted octanol–water partition coefficient (Wildman–Crippen LogP) is 4.54. The Kier molecular flexibility index (Phi) is 4.45. The number of carbonyl (C=O) groups is 1. The van der Waals surface area contributed by atoms with E-state index >= 15 is 0 Å². The second kappa shape index (κ2) is 6.06. The Morgan fingerprint density at radius 1 is 1.32 bits per heavy atom. The van der Waals surface area contributed by atoms with E-state index in [4.69, 9.17) is 44.5 Å². The van der Waals surface area contributed by atoms with Crippen LogP contribution in [0.1, 0.15) is 48.2 Å². The van der Waals surface area contributed by atoms with Crippen LogP contribution in [0.25, 0.3) is 0 Å². The molecule has 0 radical (unpaired) electrons. The third-order valence-electron chi connectivity index (χ3n) is 4.24. The van der Waals surface area contributed by atoms with Crippen LogP contribution >= 0.6 is 34.8 Å². The van der Waals surface area contributed by atoms with Crippen LogP contribution in [0.2, 0.25) is 0 Å². The van der Waals surface area contributed by atoms with Gasteiger partial charge in [-0.05, 0) is 49.1 Å². The molecule has 2 aliphatic rings. The molecule has 0 aromatic carbocycles. The number of ether oxygens (including phenoxy) is 1. The first-order chi connectivity index (χ1) is 10.3. The zero-order valence-electron chi connectivity index (χ0n) is 12.2. The lowest BCUT2D eigenvalue weighted by Crippen LogP contribution is -2.22. The molecule has 1 heterocycles. The van der Waals surface area contributed by atoms with Gasteiger partial charge in [0, 0.05) is 11.4 Å². The van der Waals surface area contributed by atoms with Crippen molar-refractivity contribution in [1.29, 1.82) is 0 Å². The first kappa shape index (κ1) is 16.2. The zero-order valence-corrected chi connectivity index (χ0v) is 14.5. The highest BCUT2D eigenvalue weighted by molar-refractivity contribution is 6.67. The van der Waals surface area contributed by atoms with Crippen LogP contribution in [0.4, 0.5) is 10.5 Å². The van der Waals surface area contributed by atoms with Crippen LogP contribution in [0.3, 0.4) is 0 Å². The Morgan fingerprint density at radius 2 is 2.09 bits per heavy atom. The maximum atomic E-state index is 12.0. The number of nitrogens with zero attached hydrogens (tertiary/aromatic N) is 1. The van der Waals surface area contributed by atoms with Crippen molar-refractivity contribution in [1.82, 2.24) is 4.98 Å². The standard InChI is InChI=1S/C15H17Cl3N2O2/c1-8-5-6-10-12(8)19-11-4-2-3-9(11)13(10)20-14(21)22-7-15(16,17)18/h8H,2-7H2,1H3,(H,19,20,21).